The van der Waals surface area contributed by atoms with Crippen molar-refractivity contribution in [1.29, 1.82) is 0 Å². The van der Waals surface area contributed by atoms with E-state index in [4.69, 9.17) is 0 Å². The monoisotopic (exact) mass is 468 g/mol. The average Bonchev–Trinajstić information content (AvgIpc) is 3.50. The summed E-state index contributed by atoms with van der Waals surface area (Å²) in [7, 11) is 0. The van der Waals surface area contributed by atoms with Crippen molar-refractivity contribution in [2.75, 3.05) is 60.5 Å². The Kier molecular flexibility index (Phi) is 6.23. The van der Waals surface area contributed by atoms with E-state index in [-0.39, 0.29) is 17.7 Å². The molecule has 3 saturated heterocycles. The van der Waals surface area contributed by atoms with E-state index in [0.717, 1.165) is 63.7 Å². The molecule has 0 spiro atoms. The second-order valence-electron chi connectivity index (χ2n) is 9.33. The lowest BCUT2D eigenvalue weighted by molar-refractivity contribution is -0.136. The summed E-state index contributed by atoms with van der Waals surface area (Å²) in [6.45, 7) is 9.89. The van der Waals surface area contributed by atoms with E-state index in [0.29, 0.717) is 18.1 Å². The van der Waals surface area contributed by atoms with Crippen molar-refractivity contribution in [2.45, 2.75) is 39.5 Å². The normalized spacial score (nSPS) is 21.8. The molecule has 0 radical (unpaired) electrons. The first kappa shape index (κ1) is 22.1. The second kappa shape index (κ2) is 9.29. The van der Waals surface area contributed by atoms with Crippen molar-refractivity contribution >= 4 is 39.1 Å². The van der Waals surface area contributed by atoms with Crippen LogP contribution in [0.4, 0.5) is 16.0 Å². The van der Waals surface area contributed by atoms with Gasteiger partial charge in [-0.3, -0.25) is 14.5 Å². The van der Waals surface area contributed by atoms with Gasteiger partial charge in [0.15, 0.2) is 0 Å². The van der Waals surface area contributed by atoms with E-state index >= 15 is 0 Å². The number of carbonyl (C=O) groups excluding carboxylic acids is 2. The maximum atomic E-state index is 13.3. The van der Waals surface area contributed by atoms with Gasteiger partial charge >= 0.3 is 0 Å². The minimum atomic E-state index is -0.00762. The molecule has 1 aromatic heterocycles. The lowest BCUT2D eigenvalue weighted by atomic mass is 9.96. The molecule has 0 unspecified atom stereocenters. The number of carbonyl (C=O) groups is 2. The van der Waals surface area contributed by atoms with Gasteiger partial charge < -0.3 is 14.7 Å². The topological polar surface area (TPSA) is 72.9 Å². The standard InChI is InChI=1S/C24H32N6O2S/c1-17-6-3-8-20(18(17)2)27-12-14-28(15-13-27)22(32)19-7-4-10-29(16-19)23-25-26-24(33-23)30-11-5-9-21(30)31/h3,6,8,19H,4-5,7,9-16H2,1-2H3/t19-/m0/s1. The summed E-state index contributed by atoms with van der Waals surface area (Å²) in [4.78, 5) is 33.7. The van der Waals surface area contributed by atoms with Gasteiger partial charge in [0, 0.05) is 57.9 Å². The van der Waals surface area contributed by atoms with Crippen LogP contribution in [-0.4, -0.2) is 72.7 Å². The number of anilines is 3. The molecule has 0 aliphatic carbocycles. The molecular weight excluding hydrogens is 436 g/mol. The maximum absolute atomic E-state index is 13.3. The Hall–Kier alpha value is -2.68. The summed E-state index contributed by atoms with van der Waals surface area (Å²) in [6, 6.07) is 6.45. The Morgan fingerprint density at radius 1 is 0.970 bits per heavy atom. The highest BCUT2D eigenvalue weighted by atomic mass is 32.1. The van der Waals surface area contributed by atoms with E-state index in [1.807, 2.05) is 4.90 Å². The third-order valence-electron chi connectivity index (χ3n) is 7.26. The van der Waals surface area contributed by atoms with Crippen LogP contribution in [0, 0.1) is 19.8 Å². The Morgan fingerprint density at radius 2 is 1.76 bits per heavy atom. The van der Waals surface area contributed by atoms with Crippen LogP contribution in [0.25, 0.3) is 0 Å². The highest BCUT2D eigenvalue weighted by molar-refractivity contribution is 7.19. The van der Waals surface area contributed by atoms with Crippen LogP contribution in [-0.2, 0) is 9.59 Å². The van der Waals surface area contributed by atoms with Crippen molar-refractivity contribution < 1.29 is 9.59 Å². The van der Waals surface area contributed by atoms with Crippen LogP contribution in [0.1, 0.15) is 36.8 Å². The van der Waals surface area contributed by atoms with E-state index < -0.39 is 0 Å². The molecule has 3 fully saturated rings. The smallest absolute Gasteiger partial charge is 0.228 e. The van der Waals surface area contributed by atoms with Gasteiger partial charge in [-0.15, -0.1) is 10.2 Å². The van der Waals surface area contributed by atoms with E-state index in [2.05, 4.69) is 52.0 Å². The number of aryl methyl sites for hydroxylation is 1. The van der Waals surface area contributed by atoms with Gasteiger partial charge in [0.25, 0.3) is 0 Å². The summed E-state index contributed by atoms with van der Waals surface area (Å²) < 4.78 is 0. The predicted octanol–water partition coefficient (Wildman–Crippen LogP) is 2.85. The van der Waals surface area contributed by atoms with E-state index in [1.165, 1.54) is 28.2 Å². The van der Waals surface area contributed by atoms with Gasteiger partial charge in [0.2, 0.25) is 22.1 Å². The van der Waals surface area contributed by atoms with Gasteiger partial charge in [0.05, 0.1) is 5.92 Å². The third-order valence-corrected chi connectivity index (χ3v) is 8.26. The molecule has 1 atom stereocenters. The molecule has 2 amide bonds. The molecule has 4 heterocycles. The first-order valence-electron chi connectivity index (χ1n) is 12.0. The summed E-state index contributed by atoms with van der Waals surface area (Å²) in [5.41, 5.74) is 3.92. The first-order valence-corrected chi connectivity index (χ1v) is 12.8. The minimum Gasteiger partial charge on any atom is -0.368 e. The molecule has 0 bridgehead atoms. The van der Waals surface area contributed by atoms with Crippen LogP contribution in [0.5, 0.6) is 0 Å². The molecule has 8 nitrogen and oxygen atoms in total. The van der Waals surface area contributed by atoms with Crippen LogP contribution >= 0.6 is 11.3 Å². The Bertz CT molecular complexity index is 1030. The van der Waals surface area contributed by atoms with Gasteiger partial charge in [0.1, 0.15) is 0 Å². The highest BCUT2D eigenvalue weighted by Gasteiger charge is 2.33. The SMILES string of the molecule is Cc1cccc(N2CCN(C(=O)[C@H]3CCCN(c4nnc(N5CCCC5=O)s4)C3)CC2)c1C. The zero-order valence-corrected chi connectivity index (χ0v) is 20.3. The lowest BCUT2D eigenvalue weighted by Gasteiger charge is -2.40. The molecule has 0 saturated carbocycles. The number of benzene rings is 1. The van der Waals surface area contributed by atoms with Crippen LogP contribution in [0.15, 0.2) is 18.2 Å². The molecule has 3 aliphatic rings. The number of aromatic nitrogens is 2. The summed E-state index contributed by atoms with van der Waals surface area (Å²) >= 11 is 1.47. The highest BCUT2D eigenvalue weighted by Crippen LogP contribution is 2.33. The lowest BCUT2D eigenvalue weighted by Crippen LogP contribution is -2.52. The summed E-state index contributed by atoms with van der Waals surface area (Å²) in [5.74, 6) is 0.385. The molecule has 0 N–H and O–H groups in total. The number of hydrogen-bond donors (Lipinski definition) is 0. The fraction of sp³-hybridized carbons (Fsp3) is 0.583. The zero-order chi connectivity index (χ0) is 22.9. The average molecular weight is 469 g/mol. The quantitative estimate of drug-likeness (QED) is 0.687. The molecule has 33 heavy (non-hydrogen) atoms. The molecule has 9 heteroatoms. The van der Waals surface area contributed by atoms with Crippen LogP contribution in [0.3, 0.4) is 0 Å². The first-order chi connectivity index (χ1) is 16.0. The Labute approximate surface area is 199 Å². The van der Waals surface area contributed by atoms with E-state index in [9.17, 15) is 9.59 Å². The number of hydrogen-bond acceptors (Lipinski definition) is 7. The molecule has 176 valence electrons. The number of rotatable bonds is 4. The summed E-state index contributed by atoms with van der Waals surface area (Å²) in [6.07, 6.45) is 3.36. The fourth-order valence-corrected chi connectivity index (χ4v) is 6.08. The Balaban J connectivity index is 1.19. The Morgan fingerprint density at radius 3 is 2.52 bits per heavy atom. The molecule has 1 aromatic carbocycles. The van der Waals surface area contributed by atoms with Gasteiger partial charge in [-0.25, -0.2) is 0 Å². The molecular formula is C24H32N6O2S. The number of piperazine rings is 1. The number of amides is 2. The maximum Gasteiger partial charge on any atom is 0.228 e. The van der Waals surface area contributed by atoms with Crippen LogP contribution < -0.4 is 14.7 Å². The van der Waals surface area contributed by atoms with Crippen LogP contribution in [0.2, 0.25) is 0 Å². The number of nitrogens with zero attached hydrogens (tertiary/aromatic N) is 6. The van der Waals surface area contributed by atoms with Crippen molar-refractivity contribution in [3.8, 4) is 0 Å². The zero-order valence-electron chi connectivity index (χ0n) is 19.5. The second-order valence-corrected chi connectivity index (χ2v) is 10.3. The molecule has 2 aromatic rings. The van der Waals surface area contributed by atoms with Crippen molar-refractivity contribution in [3.63, 3.8) is 0 Å². The van der Waals surface area contributed by atoms with Crippen molar-refractivity contribution in [3.05, 3.63) is 29.3 Å². The van der Waals surface area contributed by atoms with Crippen molar-refractivity contribution in [2.24, 2.45) is 5.92 Å². The predicted molar refractivity (Wildman–Crippen MR) is 131 cm³/mol. The summed E-state index contributed by atoms with van der Waals surface area (Å²) in [5, 5.41) is 10.1. The van der Waals surface area contributed by atoms with Gasteiger partial charge in [-0.05, 0) is 50.3 Å². The number of piperidine rings is 1. The molecule has 3 aliphatic heterocycles. The van der Waals surface area contributed by atoms with Gasteiger partial charge in [-0.2, -0.15) is 0 Å². The van der Waals surface area contributed by atoms with Crippen molar-refractivity contribution in [1.82, 2.24) is 15.1 Å². The van der Waals surface area contributed by atoms with Gasteiger partial charge in [-0.1, -0.05) is 23.5 Å². The van der Waals surface area contributed by atoms with E-state index in [1.54, 1.807) is 4.90 Å². The molecule has 5 rings (SSSR count). The minimum absolute atomic E-state index is 0.00762. The fourth-order valence-electron chi connectivity index (χ4n) is 5.15. The third kappa shape index (κ3) is 4.43. The largest absolute Gasteiger partial charge is 0.368 e.